The third-order valence-corrected chi connectivity index (χ3v) is 9.45. The van der Waals surface area contributed by atoms with Crippen LogP contribution in [-0.2, 0) is 0 Å². The standard InChI is InChI=1S/C31H39Cl2N3O5S/c1-34(31(41)21-5-3-2-4-6-21)18-23(22-7-8-25(32)26(33)17-22)9-11-35-12-14-36(15-13-35)28(24-10-16-42-20-24)30(40)29(39)27(38)19-37/h2-8,10,16-17,20,23,27-30,37-40H,9,11-15,18-19H2,1H3/t23-,27-,28+,29+,30+/m1/s1. The fourth-order valence-electron chi connectivity index (χ4n) is 5.54. The van der Waals surface area contributed by atoms with Gasteiger partial charge in [0, 0.05) is 51.3 Å². The number of hydrogen-bond donors (Lipinski definition) is 4. The first-order valence-corrected chi connectivity index (χ1v) is 15.8. The van der Waals surface area contributed by atoms with Crippen molar-refractivity contribution >= 4 is 40.4 Å². The molecule has 8 nitrogen and oxygen atoms in total. The monoisotopic (exact) mass is 635 g/mol. The number of halogens is 2. The lowest BCUT2D eigenvalue weighted by atomic mass is 9.93. The van der Waals surface area contributed by atoms with Crippen LogP contribution in [0.1, 0.15) is 39.9 Å². The van der Waals surface area contributed by atoms with Gasteiger partial charge in [0.1, 0.15) is 18.3 Å². The van der Waals surface area contributed by atoms with E-state index in [0.717, 1.165) is 37.2 Å². The van der Waals surface area contributed by atoms with Crippen molar-refractivity contribution in [2.45, 2.75) is 36.7 Å². The van der Waals surface area contributed by atoms with Crippen molar-refractivity contribution in [2.24, 2.45) is 0 Å². The van der Waals surface area contributed by atoms with E-state index in [-0.39, 0.29) is 11.8 Å². The van der Waals surface area contributed by atoms with E-state index >= 15 is 0 Å². The molecule has 228 valence electrons. The first-order valence-electron chi connectivity index (χ1n) is 14.1. The van der Waals surface area contributed by atoms with Gasteiger partial charge in [-0.05, 0) is 65.2 Å². The second kappa shape index (κ2) is 15.6. The Kier molecular flexibility index (Phi) is 12.2. The van der Waals surface area contributed by atoms with E-state index in [1.807, 2.05) is 66.3 Å². The minimum absolute atomic E-state index is 0.0333. The molecule has 5 atom stereocenters. The average Bonchev–Trinajstić information content (AvgIpc) is 3.55. The van der Waals surface area contributed by atoms with Gasteiger partial charge in [0.25, 0.3) is 5.91 Å². The summed E-state index contributed by atoms with van der Waals surface area (Å²) in [6.45, 7) is 3.49. The Labute approximate surface area is 261 Å². The Hall–Kier alpha value is -2.05. The van der Waals surface area contributed by atoms with Crippen molar-refractivity contribution in [1.29, 1.82) is 0 Å². The highest BCUT2D eigenvalue weighted by atomic mass is 35.5. The molecule has 0 saturated carbocycles. The van der Waals surface area contributed by atoms with Gasteiger partial charge in [0.15, 0.2) is 0 Å². The average molecular weight is 637 g/mol. The van der Waals surface area contributed by atoms with Crippen molar-refractivity contribution in [3.05, 3.63) is 92.1 Å². The van der Waals surface area contributed by atoms with E-state index < -0.39 is 31.0 Å². The summed E-state index contributed by atoms with van der Waals surface area (Å²) in [6, 6.07) is 16.3. The van der Waals surface area contributed by atoms with Gasteiger partial charge in [0.2, 0.25) is 0 Å². The van der Waals surface area contributed by atoms with Crippen LogP contribution in [0.15, 0.2) is 65.4 Å². The van der Waals surface area contributed by atoms with Gasteiger partial charge in [-0.1, -0.05) is 47.5 Å². The maximum atomic E-state index is 13.1. The van der Waals surface area contributed by atoms with Crippen LogP contribution in [0, 0.1) is 0 Å². The van der Waals surface area contributed by atoms with E-state index in [9.17, 15) is 25.2 Å². The maximum Gasteiger partial charge on any atom is 0.253 e. The summed E-state index contributed by atoms with van der Waals surface area (Å²) in [7, 11) is 1.82. The number of carbonyl (C=O) groups excluding carboxylic acids is 1. The Balaban J connectivity index is 1.41. The van der Waals surface area contributed by atoms with Gasteiger partial charge in [-0.2, -0.15) is 11.3 Å². The van der Waals surface area contributed by atoms with Crippen molar-refractivity contribution < 1.29 is 25.2 Å². The number of thiophene rings is 1. The molecule has 0 spiro atoms. The molecule has 0 radical (unpaired) electrons. The third-order valence-electron chi connectivity index (χ3n) is 8.01. The zero-order valence-corrected chi connectivity index (χ0v) is 25.9. The van der Waals surface area contributed by atoms with Gasteiger partial charge < -0.3 is 30.2 Å². The number of hydrogen-bond acceptors (Lipinski definition) is 8. The SMILES string of the molecule is CN(C[C@@H](CCN1CCN([C@@H](c2ccsc2)[C@H](O)[C@@H](O)[C@H](O)CO)CC1)c1ccc(Cl)c(Cl)c1)C(=O)c1ccccc1. The lowest BCUT2D eigenvalue weighted by Crippen LogP contribution is -2.53. The summed E-state index contributed by atoms with van der Waals surface area (Å²) >= 11 is 14.1. The molecule has 4 rings (SSSR count). The van der Waals surface area contributed by atoms with Crippen molar-refractivity contribution in [3.63, 3.8) is 0 Å². The lowest BCUT2D eigenvalue weighted by molar-refractivity contribution is -0.108. The second-order valence-corrected chi connectivity index (χ2v) is 12.4. The molecule has 0 unspecified atom stereocenters. The fourth-order valence-corrected chi connectivity index (χ4v) is 6.53. The topological polar surface area (TPSA) is 108 Å². The van der Waals surface area contributed by atoms with Gasteiger partial charge in [-0.15, -0.1) is 0 Å². The summed E-state index contributed by atoms with van der Waals surface area (Å²) in [5, 5.41) is 45.6. The number of amides is 1. The molecule has 1 fully saturated rings. The van der Waals surface area contributed by atoms with E-state index in [0.29, 0.717) is 35.2 Å². The maximum absolute atomic E-state index is 13.1. The molecule has 0 aliphatic carbocycles. The molecule has 1 aliphatic rings. The van der Waals surface area contributed by atoms with Crippen LogP contribution in [0.4, 0.5) is 0 Å². The molecular formula is C31H39Cl2N3O5S. The van der Waals surface area contributed by atoms with Crippen LogP contribution in [0.25, 0.3) is 0 Å². The van der Waals surface area contributed by atoms with Gasteiger partial charge in [-0.3, -0.25) is 9.69 Å². The number of aliphatic hydroxyl groups is 4. The molecule has 2 heterocycles. The summed E-state index contributed by atoms with van der Waals surface area (Å²) in [5.41, 5.74) is 2.53. The largest absolute Gasteiger partial charge is 0.394 e. The Morgan fingerprint density at radius 3 is 2.29 bits per heavy atom. The zero-order valence-electron chi connectivity index (χ0n) is 23.6. The Bertz CT molecular complexity index is 1260. The molecule has 11 heteroatoms. The number of carbonyl (C=O) groups is 1. The van der Waals surface area contributed by atoms with E-state index in [1.54, 1.807) is 11.0 Å². The van der Waals surface area contributed by atoms with Crippen LogP contribution in [-0.4, -0.2) is 112 Å². The highest BCUT2D eigenvalue weighted by molar-refractivity contribution is 7.08. The van der Waals surface area contributed by atoms with Crippen molar-refractivity contribution in [1.82, 2.24) is 14.7 Å². The normalized spacial score (nSPS) is 18.3. The lowest BCUT2D eigenvalue weighted by Gasteiger charge is -2.42. The fraction of sp³-hybridized carbons (Fsp3) is 0.452. The smallest absolute Gasteiger partial charge is 0.253 e. The van der Waals surface area contributed by atoms with Crippen molar-refractivity contribution in [3.8, 4) is 0 Å². The molecule has 1 amide bonds. The van der Waals surface area contributed by atoms with Crippen LogP contribution in [0.2, 0.25) is 10.0 Å². The minimum atomic E-state index is -1.47. The van der Waals surface area contributed by atoms with Crippen LogP contribution in [0.3, 0.4) is 0 Å². The second-order valence-electron chi connectivity index (χ2n) is 10.8. The molecule has 1 saturated heterocycles. The molecular weight excluding hydrogens is 597 g/mol. The predicted molar refractivity (Wildman–Crippen MR) is 167 cm³/mol. The first kappa shape index (κ1) is 32.9. The zero-order chi connectivity index (χ0) is 30.2. The van der Waals surface area contributed by atoms with Crippen LogP contribution < -0.4 is 0 Å². The molecule has 42 heavy (non-hydrogen) atoms. The molecule has 1 aliphatic heterocycles. The van der Waals surface area contributed by atoms with E-state index in [4.69, 9.17) is 23.2 Å². The van der Waals surface area contributed by atoms with E-state index in [2.05, 4.69) is 9.80 Å². The minimum Gasteiger partial charge on any atom is -0.394 e. The van der Waals surface area contributed by atoms with Gasteiger partial charge in [0.05, 0.1) is 22.7 Å². The molecule has 2 aromatic carbocycles. The third kappa shape index (κ3) is 8.31. The molecule has 4 N–H and O–H groups in total. The highest BCUT2D eigenvalue weighted by Crippen LogP contribution is 2.32. The quantitative estimate of drug-likeness (QED) is 0.227. The van der Waals surface area contributed by atoms with Crippen LogP contribution in [0.5, 0.6) is 0 Å². The molecule has 0 bridgehead atoms. The number of nitrogens with zero attached hydrogens (tertiary/aromatic N) is 3. The Morgan fingerprint density at radius 2 is 1.67 bits per heavy atom. The van der Waals surface area contributed by atoms with E-state index in [1.165, 1.54) is 11.3 Å². The first-order chi connectivity index (χ1) is 20.2. The number of rotatable bonds is 13. The van der Waals surface area contributed by atoms with Gasteiger partial charge in [-0.25, -0.2) is 0 Å². The number of benzene rings is 2. The molecule has 1 aromatic heterocycles. The van der Waals surface area contributed by atoms with Gasteiger partial charge >= 0.3 is 0 Å². The number of piperazine rings is 1. The summed E-state index contributed by atoms with van der Waals surface area (Å²) < 4.78 is 0. The Morgan fingerprint density at radius 1 is 0.952 bits per heavy atom. The summed E-state index contributed by atoms with van der Waals surface area (Å²) in [5.74, 6) is -0.00763. The highest BCUT2D eigenvalue weighted by Gasteiger charge is 2.37. The summed E-state index contributed by atoms with van der Waals surface area (Å²) in [6.07, 6.45) is -3.36. The summed E-state index contributed by atoms with van der Waals surface area (Å²) in [4.78, 5) is 19.3. The number of aliphatic hydroxyl groups excluding tert-OH is 4. The van der Waals surface area contributed by atoms with Crippen LogP contribution >= 0.6 is 34.5 Å². The predicted octanol–water partition coefficient (Wildman–Crippen LogP) is 3.73. The number of likely N-dealkylation sites (N-methyl/N-ethyl adjacent to an activating group) is 1. The van der Waals surface area contributed by atoms with Crippen molar-refractivity contribution in [2.75, 3.05) is 52.9 Å². The molecule has 3 aromatic rings.